The van der Waals surface area contributed by atoms with Crippen LogP contribution in [0.1, 0.15) is 15.9 Å². The van der Waals surface area contributed by atoms with Crippen molar-refractivity contribution in [3.63, 3.8) is 0 Å². The van der Waals surface area contributed by atoms with E-state index in [9.17, 15) is 28.1 Å². The molecule has 2 aromatic carbocycles. The Kier molecular flexibility index (Phi) is 7.67. The van der Waals surface area contributed by atoms with E-state index >= 15 is 0 Å². The van der Waals surface area contributed by atoms with Gasteiger partial charge in [0.15, 0.2) is 0 Å². The molecule has 0 aliphatic carbocycles. The first kappa shape index (κ1) is 23.8. The van der Waals surface area contributed by atoms with E-state index in [-0.39, 0.29) is 28.4 Å². The highest BCUT2D eigenvalue weighted by molar-refractivity contribution is 7.89. The highest BCUT2D eigenvalue weighted by Gasteiger charge is 2.23. The molecule has 0 aliphatic rings. The van der Waals surface area contributed by atoms with Gasteiger partial charge in [0.05, 0.1) is 22.5 Å². The second kappa shape index (κ2) is 10.00. The summed E-state index contributed by atoms with van der Waals surface area (Å²) in [4.78, 5) is 35.1. The van der Waals surface area contributed by atoms with Gasteiger partial charge in [-0.3, -0.25) is 14.9 Å². The van der Waals surface area contributed by atoms with E-state index in [4.69, 9.17) is 4.74 Å². The number of sulfonamides is 1. The van der Waals surface area contributed by atoms with Crippen molar-refractivity contribution in [2.45, 2.75) is 11.5 Å². The van der Waals surface area contributed by atoms with Crippen molar-refractivity contribution >= 4 is 33.3 Å². The van der Waals surface area contributed by atoms with Gasteiger partial charge < -0.3 is 14.4 Å². The Hall–Kier alpha value is -3.51. The number of carbonyl (C=O) groups is 2. The molecule has 31 heavy (non-hydrogen) atoms. The molecule has 2 rings (SSSR count). The average molecular weight is 451 g/mol. The molecule has 0 radical (unpaired) electrons. The normalized spacial score (nSPS) is 10.9. The summed E-state index contributed by atoms with van der Waals surface area (Å²) in [6, 6.07) is 9.65. The number of hydrogen-bond acceptors (Lipinski definition) is 9. The Labute approximate surface area is 178 Å². The summed E-state index contributed by atoms with van der Waals surface area (Å²) in [5.74, 6) is -1.42. The van der Waals surface area contributed by atoms with Gasteiger partial charge in [-0.05, 0) is 29.8 Å². The van der Waals surface area contributed by atoms with E-state index in [1.54, 1.807) is 26.2 Å². The molecule has 0 aromatic heterocycles. The third-order valence-electron chi connectivity index (χ3n) is 4.09. The molecule has 0 fully saturated rings. The summed E-state index contributed by atoms with van der Waals surface area (Å²) >= 11 is 0. The molecule has 11 nitrogen and oxygen atoms in total. The number of nitrogens with one attached hydrogen (secondary N) is 1. The van der Waals surface area contributed by atoms with E-state index in [1.165, 1.54) is 36.3 Å². The largest absolute Gasteiger partial charge is 0.465 e. The predicted octanol–water partition coefficient (Wildman–Crippen LogP) is 1.47. The lowest BCUT2D eigenvalue weighted by Gasteiger charge is -2.14. The summed E-state index contributed by atoms with van der Waals surface area (Å²) < 4.78 is 36.5. The van der Waals surface area contributed by atoms with Gasteiger partial charge in [0.25, 0.3) is 5.69 Å². The lowest BCUT2D eigenvalue weighted by atomic mass is 10.1. The number of ether oxygens (including phenoxy) is 2. The number of methoxy groups -OCH3 is 1. The van der Waals surface area contributed by atoms with Crippen LogP contribution in [0.3, 0.4) is 0 Å². The number of nitro groups is 1. The fourth-order valence-electron chi connectivity index (χ4n) is 2.55. The van der Waals surface area contributed by atoms with Gasteiger partial charge in [0.1, 0.15) is 18.8 Å². The number of hydrogen-bond donors (Lipinski definition) is 1. The highest BCUT2D eigenvalue weighted by atomic mass is 32.2. The molecule has 166 valence electrons. The molecule has 0 aliphatic heterocycles. The minimum absolute atomic E-state index is 0.186. The average Bonchev–Trinajstić information content (AvgIpc) is 2.75. The number of benzene rings is 2. The van der Waals surface area contributed by atoms with E-state index in [2.05, 4.69) is 9.46 Å². The molecule has 0 saturated carbocycles. The van der Waals surface area contributed by atoms with Crippen LogP contribution < -0.4 is 9.62 Å². The first-order valence-corrected chi connectivity index (χ1v) is 10.3. The maximum absolute atomic E-state index is 12.4. The van der Waals surface area contributed by atoms with Crippen molar-refractivity contribution in [1.29, 1.82) is 0 Å². The van der Waals surface area contributed by atoms with Crippen LogP contribution in [0, 0.1) is 10.1 Å². The summed E-state index contributed by atoms with van der Waals surface area (Å²) in [6.07, 6.45) is 0. The van der Waals surface area contributed by atoms with Gasteiger partial charge in [-0.1, -0.05) is 12.1 Å². The summed E-state index contributed by atoms with van der Waals surface area (Å²) in [7, 11) is 0.225. The zero-order valence-electron chi connectivity index (χ0n) is 17.0. The lowest BCUT2D eigenvalue weighted by molar-refractivity contribution is -0.384. The van der Waals surface area contributed by atoms with Crippen LogP contribution >= 0.6 is 0 Å². The standard InChI is InChI=1S/C19H21N3O8S/c1-21(2)16-8-7-15(10-17(16)22(25)26)31(27,28)20-11-18(23)30-12-13-5-4-6-14(9-13)19(24)29-3/h4-10,20H,11-12H2,1-3H3. The molecule has 0 atom stereocenters. The zero-order chi connectivity index (χ0) is 23.2. The number of nitrogens with zero attached hydrogens (tertiary/aromatic N) is 2. The Morgan fingerprint density at radius 3 is 2.48 bits per heavy atom. The molecule has 0 unspecified atom stereocenters. The van der Waals surface area contributed by atoms with Crippen molar-refractivity contribution < 1.29 is 32.4 Å². The molecule has 0 amide bonds. The Balaban J connectivity index is 2.02. The maximum Gasteiger partial charge on any atom is 0.337 e. The molecule has 0 heterocycles. The molecule has 12 heteroatoms. The van der Waals surface area contributed by atoms with Gasteiger partial charge in [0, 0.05) is 20.2 Å². The van der Waals surface area contributed by atoms with Gasteiger partial charge in [-0.15, -0.1) is 0 Å². The zero-order valence-corrected chi connectivity index (χ0v) is 17.8. The van der Waals surface area contributed by atoms with Crippen molar-refractivity contribution in [2.24, 2.45) is 0 Å². The summed E-state index contributed by atoms with van der Waals surface area (Å²) in [5.41, 5.74) is 0.631. The minimum atomic E-state index is -4.19. The minimum Gasteiger partial charge on any atom is -0.465 e. The fraction of sp³-hybridized carbons (Fsp3) is 0.263. The first-order chi connectivity index (χ1) is 14.5. The number of esters is 2. The Bertz CT molecular complexity index is 1100. The molecular weight excluding hydrogens is 430 g/mol. The van der Waals surface area contributed by atoms with E-state index in [1.807, 2.05) is 0 Å². The Morgan fingerprint density at radius 1 is 1.16 bits per heavy atom. The smallest absolute Gasteiger partial charge is 0.337 e. The lowest BCUT2D eigenvalue weighted by Crippen LogP contribution is -2.30. The van der Waals surface area contributed by atoms with Crippen molar-refractivity contribution in [3.05, 3.63) is 63.7 Å². The molecular formula is C19H21N3O8S. The fourth-order valence-corrected chi connectivity index (χ4v) is 3.54. The predicted molar refractivity (Wildman–Crippen MR) is 110 cm³/mol. The van der Waals surface area contributed by atoms with Gasteiger partial charge >= 0.3 is 11.9 Å². The second-order valence-corrected chi connectivity index (χ2v) is 8.25. The van der Waals surface area contributed by atoms with Crippen LogP contribution in [0.4, 0.5) is 11.4 Å². The number of rotatable bonds is 9. The maximum atomic E-state index is 12.4. The molecule has 1 N–H and O–H groups in total. The monoisotopic (exact) mass is 451 g/mol. The van der Waals surface area contributed by atoms with Crippen LogP contribution in [0.5, 0.6) is 0 Å². The van der Waals surface area contributed by atoms with Crippen molar-refractivity contribution in [1.82, 2.24) is 4.72 Å². The van der Waals surface area contributed by atoms with Crippen LogP contribution in [0.15, 0.2) is 47.4 Å². The second-order valence-electron chi connectivity index (χ2n) is 6.48. The SMILES string of the molecule is COC(=O)c1cccc(COC(=O)CNS(=O)(=O)c2ccc(N(C)C)c([N+](=O)[O-])c2)c1. The van der Waals surface area contributed by atoms with Gasteiger partial charge in [-0.2, -0.15) is 4.72 Å². The molecule has 2 aromatic rings. The third-order valence-corrected chi connectivity index (χ3v) is 5.49. The van der Waals surface area contributed by atoms with E-state index in [0.717, 1.165) is 6.07 Å². The topological polar surface area (TPSA) is 145 Å². The summed E-state index contributed by atoms with van der Waals surface area (Å²) in [5, 5.41) is 11.2. The molecule has 0 spiro atoms. The van der Waals surface area contributed by atoms with Gasteiger partial charge in [0.2, 0.25) is 10.0 Å². The highest BCUT2D eigenvalue weighted by Crippen LogP contribution is 2.29. The van der Waals surface area contributed by atoms with Crippen molar-refractivity contribution in [2.75, 3.05) is 32.6 Å². The Morgan fingerprint density at radius 2 is 1.87 bits per heavy atom. The third kappa shape index (κ3) is 6.23. The van der Waals surface area contributed by atoms with Crippen LogP contribution in [-0.2, 0) is 30.9 Å². The van der Waals surface area contributed by atoms with Crippen LogP contribution in [0.2, 0.25) is 0 Å². The van der Waals surface area contributed by atoms with Crippen LogP contribution in [0.25, 0.3) is 0 Å². The van der Waals surface area contributed by atoms with Crippen LogP contribution in [-0.4, -0.2) is 53.0 Å². The quantitative estimate of drug-likeness (QED) is 0.340. The number of nitro benzene ring substituents is 1. The van der Waals surface area contributed by atoms with E-state index < -0.39 is 33.4 Å². The van der Waals surface area contributed by atoms with Gasteiger partial charge in [-0.25, -0.2) is 13.2 Å². The van der Waals surface area contributed by atoms with Crippen molar-refractivity contribution in [3.8, 4) is 0 Å². The summed E-state index contributed by atoms with van der Waals surface area (Å²) in [6.45, 7) is -0.864. The van der Waals surface area contributed by atoms with E-state index in [0.29, 0.717) is 5.56 Å². The molecule has 0 saturated heterocycles. The first-order valence-electron chi connectivity index (χ1n) is 8.83. The molecule has 0 bridgehead atoms. The number of anilines is 1. The number of carbonyl (C=O) groups excluding carboxylic acids is 2.